The maximum atomic E-state index is 12.5. The predicted octanol–water partition coefficient (Wildman–Crippen LogP) is 1.78. The van der Waals surface area contributed by atoms with Gasteiger partial charge in [-0.25, -0.2) is 4.79 Å². The van der Waals surface area contributed by atoms with Gasteiger partial charge in [0, 0.05) is 35.9 Å². The van der Waals surface area contributed by atoms with Crippen molar-refractivity contribution in [2.75, 3.05) is 18.9 Å². The highest BCUT2D eigenvalue weighted by molar-refractivity contribution is 6.05. The van der Waals surface area contributed by atoms with E-state index in [2.05, 4.69) is 16.9 Å². The van der Waals surface area contributed by atoms with Gasteiger partial charge in [-0.2, -0.15) is 0 Å². The zero-order valence-electron chi connectivity index (χ0n) is 13.1. The minimum Gasteiger partial charge on any atom is -0.357 e. The third-order valence-electron chi connectivity index (χ3n) is 4.66. The Morgan fingerprint density at radius 3 is 2.96 bits per heavy atom. The molecule has 2 N–H and O–H groups in total. The van der Waals surface area contributed by atoms with E-state index in [0.29, 0.717) is 18.8 Å². The van der Waals surface area contributed by atoms with Crippen LogP contribution in [0.3, 0.4) is 0 Å². The summed E-state index contributed by atoms with van der Waals surface area (Å²) in [5.41, 5.74) is 3.31. The fourth-order valence-electron chi connectivity index (χ4n) is 3.52. The standard InChI is InChI=1S/C17H16N4O3/c1-3-14(22)18-9-4-5-10-12(6-9)19-13-8-21-7-11(15(10)13)16(23)20(2)17(21)24/h3-6,11,19H,1,7-8H2,2H3,(H,18,22). The van der Waals surface area contributed by atoms with E-state index < -0.39 is 0 Å². The molecule has 2 bridgehead atoms. The summed E-state index contributed by atoms with van der Waals surface area (Å²) in [7, 11) is 1.52. The van der Waals surface area contributed by atoms with Crippen LogP contribution in [0.2, 0.25) is 0 Å². The molecule has 1 fully saturated rings. The number of carbonyl (C=O) groups is 3. The number of imide groups is 1. The normalized spacial score (nSPS) is 19.5. The number of likely N-dealkylation sites (N-methyl/N-ethyl adjacent to an activating group) is 1. The number of urea groups is 1. The van der Waals surface area contributed by atoms with Gasteiger partial charge in [0.15, 0.2) is 0 Å². The van der Waals surface area contributed by atoms with Crippen LogP contribution in [-0.2, 0) is 16.1 Å². The Hall–Kier alpha value is -3.09. The summed E-state index contributed by atoms with van der Waals surface area (Å²) in [5, 5.41) is 3.66. The van der Waals surface area contributed by atoms with Crippen molar-refractivity contribution in [2.24, 2.45) is 0 Å². The lowest BCUT2D eigenvalue weighted by atomic mass is 9.89. The maximum absolute atomic E-state index is 12.5. The van der Waals surface area contributed by atoms with Crippen molar-refractivity contribution >= 4 is 34.4 Å². The van der Waals surface area contributed by atoms with E-state index in [1.165, 1.54) is 18.0 Å². The van der Waals surface area contributed by atoms with Gasteiger partial charge in [0.05, 0.1) is 12.5 Å². The van der Waals surface area contributed by atoms with E-state index in [9.17, 15) is 14.4 Å². The van der Waals surface area contributed by atoms with Crippen LogP contribution in [-0.4, -0.2) is 46.2 Å². The molecule has 4 rings (SSSR count). The molecule has 7 heteroatoms. The molecule has 1 aromatic heterocycles. The number of nitrogens with zero attached hydrogens (tertiary/aromatic N) is 2. The van der Waals surface area contributed by atoms with Crippen LogP contribution in [0.15, 0.2) is 30.9 Å². The molecular formula is C17H16N4O3. The van der Waals surface area contributed by atoms with Gasteiger partial charge < -0.3 is 15.2 Å². The zero-order valence-corrected chi connectivity index (χ0v) is 13.1. The average molecular weight is 324 g/mol. The lowest BCUT2D eigenvalue weighted by molar-refractivity contribution is -0.132. The van der Waals surface area contributed by atoms with Crippen molar-refractivity contribution in [3.05, 3.63) is 42.1 Å². The Labute approximate surface area is 137 Å². The molecule has 0 saturated carbocycles. The Morgan fingerprint density at radius 2 is 2.21 bits per heavy atom. The molecule has 3 heterocycles. The second kappa shape index (κ2) is 4.95. The molecule has 1 atom stereocenters. The maximum Gasteiger partial charge on any atom is 0.326 e. The molecule has 7 nitrogen and oxygen atoms in total. The number of H-pyrrole nitrogens is 1. The van der Waals surface area contributed by atoms with Gasteiger partial charge in [-0.1, -0.05) is 12.6 Å². The Bertz CT molecular complexity index is 914. The quantitative estimate of drug-likeness (QED) is 0.826. The van der Waals surface area contributed by atoms with Gasteiger partial charge in [-0.15, -0.1) is 0 Å². The first-order chi connectivity index (χ1) is 11.5. The third-order valence-corrected chi connectivity index (χ3v) is 4.66. The Kier molecular flexibility index (Phi) is 2.99. The van der Waals surface area contributed by atoms with E-state index in [4.69, 9.17) is 0 Å². The van der Waals surface area contributed by atoms with Crippen molar-refractivity contribution in [3.63, 3.8) is 0 Å². The molecule has 0 radical (unpaired) electrons. The molecule has 1 aromatic carbocycles. The van der Waals surface area contributed by atoms with Crippen LogP contribution < -0.4 is 5.32 Å². The summed E-state index contributed by atoms with van der Waals surface area (Å²) in [5.74, 6) is -0.809. The fraction of sp³-hybridized carbons (Fsp3) is 0.235. The number of hydrogen-bond donors (Lipinski definition) is 2. The minimum absolute atomic E-state index is 0.179. The van der Waals surface area contributed by atoms with Gasteiger partial charge in [0.25, 0.3) is 0 Å². The first kappa shape index (κ1) is 14.5. The molecule has 0 aliphatic carbocycles. The van der Waals surface area contributed by atoms with Crippen molar-refractivity contribution in [2.45, 2.75) is 12.5 Å². The van der Waals surface area contributed by atoms with Crippen LogP contribution >= 0.6 is 0 Å². The summed E-state index contributed by atoms with van der Waals surface area (Å²) in [6.07, 6.45) is 1.21. The first-order valence-corrected chi connectivity index (χ1v) is 7.64. The number of fused-ring (bicyclic) bond motifs is 6. The van der Waals surface area contributed by atoms with Gasteiger partial charge in [-0.05, 0) is 23.8 Å². The number of amides is 4. The van der Waals surface area contributed by atoms with E-state index in [1.54, 1.807) is 11.0 Å². The van der Waals surface area contributed by atoms with Gasteiger partial charge in [0.1, 0.15) is 0 Å². The topological polar surface area (TPSA) is 85.5 Å². The van der Waals surface area contributed by atoms with Crippen LogP contribution in [0.4, 0.5) is 10.5 Å². The molecule has 1 unspecified atom stereocenters. The summed E-state index contributed by atoms with van der Waals surface area (Å²) in [4.78, 5) is 42.2. The van der Waals surface area contributed by atoms with Crippen LogP contribution in [0, 0.1) is 0 Å². The second-order valence-corrected chi connectivity index (χ2v) is 6.08. The van der Waals surface area contributed by atoms with E-state index in [0.717, 1.165) is 22.2 Å². The summed E-state index contributed by atoms with van der Waals surface area (Å²) < 4.78 is 0. The second-order valence-electron chi connectivity index (χ2n) is 6.08. The molecule has 24 heavy (non-hydrogen) atoms. The van der Waals surface area contributed by atoms with E-state index in [-0.39, 0.29) is 23.8 Å². The highest BCUT2D eigenvalue weighted by Crippen LogP contribution is 2.39. The Morgan fingerprint density at radius 1 is 1.42 bits per heavy atom. The third kappa shape index (κ3) is 1.94. The largest absolute Gasteiger partial charge is 0.357 e. The number of aromatic amines is 1. The number of carbonyl (C=O) groups excluding carboxylic acids is 3. The summed E-state index contributed by atoms with van der Waals surface area (Å²) in [6, 6.07) is 5.25. The molecule has 4 amide bonds. The number of anilines is 1. The summed E-state index contributed by atoms with van der Waals surface area (Å²) in [6.45, 7) is 4.29. The minimum atomic E-state index is -0.348. The average Bonchev–Trinajstić information content (AvgIpc) is 2.95. The number of hydrogen-bond acceptors (Lipinski definition) is 3. The highest BCUT2D eigenvalue weighted by Gasteiger charge is 2.43. The fourth-order valence-corrected chi connectivity index (χ4v) is 3.52. The number of aromatic nitrogens is 1. The van der Waals surface area contributed by atoms with Crippen molar-refractivity contribution < 1.29 is 14.4 Å². The molecule has 0 spiro atoms. The monoisotopic (exact) mass is 324 g/mol. The molecule has 2 aromatic rings. The Balaban J connectivity index is 1.81. The van der Waals surface area contributed by atoms with Crippen LogP contribution in [0.25, 0.3) is 10.9 Å². The molecule has 1 saturated heterocycles. The van der Waals surface area contributed by atoms with Crippen LogP contribution in [0.5, 0.6) is 0 Å². The first-order valence-electron chi connectivity index (χ1n) is 7.64. The lowest BCUT2D eigenvalue weighted by Crippen LogP contribution is -2.55. The SMILES string of the molecule is C=CC(=O)Nc1ccc2c3c([nH]c2c1)CN1CC3C(=O)N(C)C1=O. The van der Waals surface area contributed by atoms with Gasteiger partial charge >= 0.3 is 6.03 Å². The molecular weight excluding hydrogens is 308 g/mol. The van der Waals surface area contributed by atoms with Gasteiger partial charge in [-0.3, -0.25) is 14.5 Å². The van der Waals surface area contributed by atoms with Crippen molar-refractivity contribution in [1.29, 1.82) is 0 Å². The lowest BCUT2D eigenvalue weighted by Gasteiger charge is -2.40. The van der Waals surface area contributed by atoms with Crippen molar-refractivity contribution in [1.82, 2.24) is 14.8 Å². The van der Waals surface area contributed by atoms with Crippen LogP contribution in [0.1, 0.15) is 17.2 Å². The summed E-state index contributed by atoms with van der Waals surface area (Å²) >= 11 is 0. The smallest absolute Gasteiger partial charge is 0.326 e. The zero-order chi connectivity index (χ0) is 17.0. The molecule has 122 valence electrons. The number of nitrogens with one attached hydrogen (secondary N) is 2. The molecule has 2 aliphatic rings. The van der Waals surface area contributed by atoms with Crippen molar-refractivity contribution in [3.8, 4) is 0 Å². The molecule has 2 aliphatic heterocycles. The highest BCUT2D eigenvalue weighted by atomic mass is 16.2. The van der Waals surface area contributed by atoms with E-state index >= 15 is 0 Å². The number of benzene rings is 1. The van der Waals surface area contributed by atoms with Gasteiger partial charge in [0.2, 0.25) is 11.8 Å². The number of rotatable bonds is 2. The predicted molar refractivity (Wildman–Crippen MR) is 88.4 cm³/mol. The van der Waals surface area contributed by atoms with E-state index in [1.807, 2.05) is 12.1 Å².